The summed E-state index contributed by atoms with van der Waals surface area (Å²) >= 11 is 3.63. The molecule has 0 aliphatic carbocycles. The number of benzene rings is 1. The van der Waals surface area contributed by atoms with Crippen LogP contribution in [0.1, 0.15) is 11.1 Å². The van der Waals surface area contributed by atoms with Crippen LogP contribution in [0.5, 0.6) is 0 Å². The van der Waals surface area contributed by atoms with Crippen LogP contribution in [-0.2, 0) is 6.18 Å². The summed E-state index contributed by atoms with van der Waals surface area (Å²) in [4.78, 5) is 0. The molecule has 0 amide bonds. The normalized spacial score (nSPS) is 11.1. The molecule has 0 aliphatic heterocycles. The van der Waals surface area contributed by atoms with E-state index < -0.39 is 11.7 Å². The maximum atomic E-state index is 12.3. The van der Waals surface area contributed by atoms with Gasteiger partial charge < -0.3 is 0 Å². The van der Waals surface area contributed by atoms with Crippen LogP contribution in [0.4, 0.5) is 13.2 Å². The van der Waals surface area contributed by atoms with Gasteiger partial charge in [-0.2, -0.15) is 18.4 Å². The fourth-order valence-electron chi connectivity index (χ4n) is 0.834. The zero-order chi connectivity index (χ0) is 10.9. The highest BCUT2D eigenvalue weighted by molar-refractivity contribution is 14.1. The average Bonchev–Trinajstić information content (AvgIpc) is 2.07. The Balaban J connectivity index is 3.40. The zero-order valence-electron chi connectivity index (χ0n) is 6.49. The van der Waals surface area contributed by atoms with Crippen molar-refractivity contribution < 1.29 is 13.2 Å². The third-order valence-corrected chi connectivity index (χ3v) is 4.52. The summed E-state index contributed by atoms with van der Waals surface area (Å²) in [6.45, 7) is 0. The summed E-state index contributed by atoms with van der Waals surface area (Å²) in [5.41, 5.74) is -0.719. The van der Waals surface area contributed by atoms with Gasteiger partial charge in [0.15, 0.2) is 0 Å². The Bertz CT molecular complexity index is 406. The summed E-state index contributed by atoms with van der Waals surface area (Å²) in [5, 5.41) is 8.61. The van der Waals surface area contributed by atoms with Crippen molar-refractivity contribution in [2.24, 2.45) is 0 Å². The highest BCUT2D eigenvalue weighted by Gasteiger charge is 2.31. The molecule has 1 aromatic carbocycles. The summed E-state index contributed by atoms with van der Waals surface area (Å²) in [6.07, 6.45) is -4.39. The maximum absolute atomic E-state index is 12.3. The van der Waals surface area contributed by atoms with Crippen molar-refractivity contribution in [1.82, 2.24) is 0 Å². The first-order valence-electron chi connectivity index (χ1n) is 3.32. The van der Waals surface area contributed by atoms with E-state index in [2.05, 4.69) is 0 Å². The van der Waals surface area contributed by atoms with E-state index in [1.54, 1.807) is 28.7 Å². The Morgan fingerprint density at radius 2 is 1.79 bits per heavy atom. The van der Waals surface area contributed by atoms with Crippen LogP contribution in [0.15, 0.2) is 12.1 Å². The molecule has 0 aromatic heterocycles. The second kappa shape index (κ2) is 4.22. The molecule has 0 saturated carbocycles. The SMILES string of the molecule is N#Cc1cc(C(F)(F)F)cc(I)c1I. The molecule has 1 nitrogen and oxygen atoms in total. The lowest BCUT2D eigenvalue weighted by molar-refractivity contribution is -0.137. The van der Waals surface area contributed by atoms with Gasteiger partial charge in [-0.25, -0.2) is 0 Å². The molecule has 14 heavy (non-hydrogen) atoms. The summed E-state index contributed by atoms with van der Waals surface area (Å²) in [5.74, 6) is 0. The minimum Gasteiger partial charge on any atom is -0.192 e. The fourth-order valence-corrected chi connectivity index (χ4v) is 1.89. The van der Waals surface area contributed by atoms with Gasteiger partial charge >= 0.3 is 6.18 Å². The lowest BCUT2D eigenvalue weighted by atomic mass is 10.1. The van der Waals surface area contributed by atoms with E-state index in [0.29, 0.717) is 7.14 Å². The second-order valence-corrected chi connectivity index (χ2v) is 4.67. The minimum absolute atomic E-state index is 0.0600. The van der Waals surface area contributed by atoms with Crippen LogP contribution < -0.4 is 0 Å². The molecule has 0 spiro atoms. The molecule has 0 fully saturated rings. The van der Waals surface area contributed by atoms with E-state index in [1.165, 1.54) is 0 Å². The molecule has 0 N–H and O–H groups in total. The molecule has 74 valence electrons. The van der Waals surface area contributed by atoms with Crippen LogP contribution in [0, 0.1) is 18.5 Å². The van der Waals surface area contributed by atoms with E-state index in [0.717, 1.165) is 12.1 Å². The van der Waals surface area contributed by atoms with Crippen LogP contribution >= 0.6 is 45.2 Å². The van der Waals surface area contributed by atoms with Gasteiger partial charge in [0.1, 0.15) is 6.07 Å². The van der Waals surface area contributed by atoms with Crippen LogP contribution in [0.25, 0.3) is 0 Å². The van der Waals surface area contributed by atoms with Gasteiger partial charge in [0.25, 0.3) is 0 Å². The van der Waals surface area contributed by atoms with Gasteiger partial charge in [-0.3, -0.25) is 0 Å². The lowest BCUT2D eigenvalue weighted by Gasteiger charge is -2.08. The molecule has 6 heteroatoms. The van der Waals surface area contributed by atoms with Crippen LogP contribution in [-0.4, -0.2) is 0 Å². The van der Waals surface area contributed by atoms with Crippen molar-refractivity contribution in [3.8, 4) is 6.07 Å². The smallest absolute Gasteiger partial charge is 0.192 e. The molecule has 1 aromatic rings. The van der Waals surface area contributed by atoms with Crippen molar-refractivity contribution in [3.05, 3.63) is 30.4 Å². The first-order chi connectivity index (χ1) is 6.36. The lowest BCUT2D eigenvalue weighted by Crippen LogP contribution is -2.06. The highest BCUT2D eigenvalue weighted by Crippen LogP contribution is 2.32. The first kappa shape index (κ1) is 12.0. The average molecular weight is 423 g/mol. The summed E-state index contributed by atoms with van der Waals surface area (Å²) < 4.78 is 37.9. The number of rotatable bonds is 0. The maximum Gasteiger partial charge on any atom is 0.416 e. The number of hydrogen-bond donors (Lipinski definition) is 0. The minimum atomic E-state index is -4.39. The van der Waals surface area contributed by atoms with Gasteiger partial charge in [-0.1, -0.05) is 0 Å². The highest BCUT2D eigenvalue weighted by atomic mass is 127. The van der Waals surface area contributed by atoms with Gasteiger partial charge in [0, 0.05) is 7.14 Å². The predicted molar refractivity (Wildman–Crippen MR) is 61.6 cm³/mol. The number of nitrogens with zero attached hydrogens (tertiary/aromatic N) is 1. The molecule has 0 unspecified atom stereocenters. The summed E-state index contributed by atoms with van der Waals surface area (Å²) in [6, 6.07) is 3.63. The van der Waals surface area contributed by atoms with Crippen molar-refractivity contribution >= 4 is 45.2 Å². The molecule has 0 heterocycles. The molecule has 0 aliphatic rings. The Morgan fingerprint density at radius 1 is 1.21 bits per heavy atom. The molecule has 0 saturated heterocycles. The molecular formula is C8H2F3I2N. The summed E-state index contributed by atoms with van der Waals surface area (Å²) in [7, 11) is 0. The topological polar surface area (TPSA) is 23.8 Å². The third kappa shape index (κ3) is 2.50. The Morgan fingerprint density at radius 3 is 2.21 bits per heavy atom. The third-order valence-electron chi connectivity index (χ3n) is 1.48. The fraction of sp³-hybridized carbons (Fsp3) is 0.125. The van der Waals surface area contributed by atoms with Gasteiger partial charge in [0.2, 0.25) is 0 Å². The quantitative estimate of drug-likeness (QED) is 0.584. The monoisotopic (exact) mass is 423 g/mol. The van der Waals surface area contributed by atoms with Crippen molar-refractivity contribution in [3.63, 3.8) is 0 Å². The van der Waals surface area contributed by atoms with E-state index in [4.69, 9.17) is 5.26 Å². The Labute approximate surface area is 106 Å². The molecule has 1 rings (SSSR count). The zero-order valence-corrected chi connectivity index (χ0v) is 10.8. The number of alkyl halides is 3. The predicted octanol–water partition coefficient (Wildman–Crippen LogP) is 3.79. The van der Waals surface area contributed by atoms with E-state index in [1.807, 2.05) is 22.6 Å². The second-order valence-electron chi connectivity index (χ2n) is 2.43. The number of hydrogen-bond acceptors (Lipinski definition) is 1. The Hall–Kier alpha value is -0.0400. The van der Waals surface area contributed by atoms with Gasteiger partial charge in [-0.05, 0) is 57.3 Å². The number of nitriles is 1. The van der Waals surface area contributed by atoms with E-state index in [-0.39, 0.29) is 5.56 Å². The van der Waals surface area contributed by atoms with Crippen LogP contribution in [0.2, 0.25) is 0 Å². The molecule has 0 radical (unpaired) electrons. The van der Waals surface area contributed by atoms with E-state index >= 15 is 0 Å². The van der Waals surface area contributed by atoms with Gasteiger partial charge in [0.05, 0.1) is 11.1 Å². The van der Waals surface area contributed by atoms with Crippen molar-refractivity contribution in [1.29, 1.82) is 5.26 Å². The largest absolute Gasteiger partial charge is 0.416 e. The van der Waals surface area contributed by atoms with Crippen molar-refractivity contribution in [2.45, 2.75) is 6.18 Å². The first-order valence-corrected chi connectivity index (χ1v) is 5.48. The van der Waals surface area contributed by atoms with Gasteiger partial charge in [-0.15, -0.1) is 0 Å². The molecule has 0 bridgehead atoms. The number of halogens is 5. The van der Waals surface area contributed by atoms with Crippen LogP contribution in [0.3, 0.4) is 0 Å². The standard InChI is InChI=1S/C8H2F3I2N/c9-8(10,11)5-1-4(3-14)7(13)6(12)2-5/h1-2H. The molecule has 0 atom stereocenters. The Kier molecular flexibility index (Phi) is 3.63. The van der Waals surface area contributed by atoms with Crippen molar-refractivity contribution in [2.75, 3.05) is 0 Å². The van der Waals surface area contributed by atoms with E-state index in [9.17, 15) is 13.2 Å². The molecular weight excluding hydrogens is 421 g/mol.